The van der Waals surface area contributed by atoms with Crippen LogP contribution in [-0.2, 0) is 14.8 Å². The number of rotatable bonds is 8. The van der Waals surface area contributed by atoms with E-state index in [2.05, 4.69) is 5.32 Å². The maximum atomic E-state index is 12.9. The largest absolute Gasteiger partial charge is 0.492 e. The zero-order valence-electron chi connectivity index (χ0n) is 16.6. The van der Waals surface area contributed by atoms with Gasteiger partial charge in [0.2, 0.25) is 15.9 Å². The lowest BCUT2D eigenvalue weighted by molar-refractivity contribution is -0.384. The monoisotopic (exact) mass is 421 g/mol. The number of para-hydroxylation sites is 2. The van der Waals surface area contributed by atoms with Crippen LogP contribution in [0, 0.1) is 17.0 Å². The number of non-ortho nitro benzene ring substituents is 1. The number of sulfonamides is 1. The molecular weight excluding hydrogens is 398 g/mol. The molecule has 1 atom stereocenters. The van der Waals surface area contributed by atoms with Gasteiger partial charge in [0.15, 0.2) is 0 Å². The van der Waals surface area contributed by atoms with Crippen molar-refractivity contribution in [2.75, 3.05) is 22.5 Å². The van der Waals surface area contributed by atoms with E-state index < -0.39 is 26.9 Å². The molecule has 0 saturated carbocycles. The predicted molar refractivity (Wildman–Crippen MR) is 111 cm³/mol. The van der Waals surface area contributed by atoms with Crippen molar-refractivity contribution in [3.63, 3.8) is 0 Å². The fourth-order valence-corrected chi connectivity index (χ4v) is 4.04. The van der Waals surface area contributed by atoms with E-state index in [0.29, 0.717) is 23.6 Å². The molecule has 1 amide bonds. The summed E-state index contributed by atoms with van der Waals surface area (Å²) >= 11 is 0. The molecule has 156 valence electrons. The molecule has 0 aliphatic rings. The number of nitro groups is 1. The molecule has 2 aromatic rings. The van der Waals surface area contributed by atoms with Crippen LogP contribution in [0.1, 0.15) is 19.4 Å². The summed E-state index contributed by atoms with van der Waals surface area (Å²) in [6, 6.07) is 9.49. The minimum Gasteiger partial charge on any atom is -0.492 e. The Morgan fingerprint density at radius 3 is 2.52 bits per heavy atom. The van der Waals surface area contributed by atoms with Gasteiger partial charge in [-0.15, -0.1) is 0 Å². The summed E-state index contributed by atoms with van der Waals surface area (Å²) in [6.07, 6.45) is 0.948. The molecule has 0 aromatic heterocycles. The molecule has 10 heteroatoms. The standard InChI is InChI=1S/C19H23N3O6S/c1-5-28-18-9-7-6-8-16(18)20-19(23)14(3)21(29(4,26)27)17-12-15(22(24)25)11-10-13(17)2/h6-12,14H,5H2,1-4H3,(H,20,23). The third kappa shape index (κ3) is 5.23. The number of hydrogen-bond donors (Lipinski definition) is 1. The van der Waals surface area contributed by atoms with Crippen LogP contribution in [0.3, 0.4) is 0 Å². The molecule has 1 unspecified atom stereocenters. The molecule has 2 rings (SSSR count). The predicted octanol–water partition coefficient (Wildman–Crippen LogP) is 3.10. The van der Waals surface area contributed by atoms with Crippen LogP contribution in [0.2, 0.25) is 0 Å². The Morgan fingerprint density at radius 2 is 1.93 bits per heavy atom. The second-order valence-corrected chi connectivity index (χ2v) is 8.24. The van der Waals surface area contributed by atoms with Crippen LogP contribution in [0.25, 0.3) is 0 Å². The molecule has 9 nitrogen and oxygen atoms in total. The van der Waals surface area contributed by atoms with Crippen molar-refractivity contribution in [3.05, 3.63) is 58.1 Å². The third-order valence-corrected chi connectivity index (χ3v) is 5.40. The van der Waals surface area contributed by atoms with E-state index >= 15 is 0 Å². The van der Waals surface area contributed by atoms with E-state index in [1.165, 1.54) is 19.1 Å². The van der Waals surface area contributed by atoms with Crippen LogP contribution in [0.4, 0.5) is 17.1 Å². The topological polar surface area (TPSA) is 119 Å². The van der Waals surface area contributed by atoms with Crippen molar-refractivity contribution in [3.8, 4) is 5.75 Å². The van der Waals surface area contributed by atoms with Crippen molar-refractivity contribution < 1.29 is 22.9 Å². The fraction of sp³-hybridized carbons (Fsp3) is 0.316. The summed E-state index contributed by atoms with van der Waals surface area (Å²) in [5.74, 6) is -0.151. The Balaban J connectivity index is 2.43. The highest BCUT2D eigenvalue weighted by atomic mass is 32.2. The van der Waals surface area contributed by atoms with Crippen molar-refractivity contribution in [1.82, 2.24) is 0 Å². The first-order chi connectivity index (χ1) is 13.6. The van der Waals surface area contributed by atoms with Crippen molar-refractivity contribution in [2.24, 2.45) is 0 Å². The zero-order chi connectivity index (χ0) is 21.8. The first-order valence-corrected chi connectivity index (χ1v) is 10.7. The van der Waals surface area contributed by atoms with E-state index in [-0.39, 0.29) is 11.4 Å². The molecule has 1 N–H and O–H groups in total. The van der Waals surface area contributed by atoms with Crippen LogP contribution in [-0.4, -0.2) is 38.2 Å². The van der Waals surface area contributed by atoms with Gasteiger partial charge in [0, 0.05) is 12.1 Å². The van der Waals surface area contributed by atoms with Gasteiger partial charge in [-0.3, -0.25) is 19.2 Å². The minimum absolute atomic E-state index is 0.0717. The first-order valence-electron chi connectivity index (χ1n) is 8.83. The smallest absolute Gasteiger partial charge is 0.271 e. The number of nitrogens with zero attached hydrogens (tertiary/aromatic N) is 2. The number of benzene rings is 2. The summed E-state index contributed by atoms with van der Waals surface area (Å²) in [5, 5.41) is 13.8. The first kappa shape index (κ1) is 22.2. The quantitative estimate of drug-likeness (QED) is 0.517. The van der Waals surface area contributed by atoms with Gasteiger partial charge >= 0.3 is 0 Å². The van der Waals surface area contributed by atoms with Gasteiger partial charge in [-0.1, -0.05) is 18.2 Å². The average Bonchev–Trinajstić information content (AvgIpc) is 2.63. The maximum Gasteiger partial charge on any atom is 0.271 e. The average molecular weight is 421 g/mol. The van der Waals surface area contributed by atoms with E-state index in [1.807, 2.05) is 0 Å². The molecule has 0 fully saturated rings. The highest BCUT2D eigenvalue weighted by Crippen LogP contribution is 2.30. The molecule has 0 radical (unpaired) electrons. The van der Waals surface area contributed by atoms with Crippen LogP contribution < -0.4 is 14.4 Å². The normalized spacial score (nSPS) is 12.1. The summed E-state index contributed by atoms with van der Waals surface area (Å²) in [4.78, 5) is 23.4. The Bertz CT molecular complexity index is 1020. The molecule has 0 aliphatic heterocycles. The summed E-state index contributed by atoms with van der Waals surface area (Å²) in [7, 11) is -3.92. The molecule has 0 bridgehead atoms. The lowest BCUT2D eigenvalue weighted by Gasteiger charge is -2.29. The van der Waals surface area contributed by atoms with Crippen molar-refractivity contribution >= 4 is 33.0 Å². The molecule has 29 heavy (non-hydrogen) atoms. The minimum atomic E-state index is -3.92. The van der Waals surface area contributed by atoms with E-state index in [1.54, 1.807) is 38.1 Å². The Hall–Kier alpha value is -3.14. The van der Waals surface area contributed by atoms with Crippen LogP contribution in [0.5, 0.6) is 5.75 Å². The third-order valence-electron chi connectivity index (χ3n) is 4.17. The van der Waals surface area contributed by atoms with Gasteiger partial charge < -0.3 is 10.1 Å². The van der Waals surface area contributed by atoms with Crippen molar-refractivity contribution in [1.29, 1.82) is 0 Å². The maximum absolute atomic E-state index is 12.9. The highest BCUT2D eigenvalue weighted by molar-refractivity contribution is 7.92. The van der Waals surface area contributed by atoms with Gasteiger partial charge in [-0.25, -0.2) is 8.42 Å². The zero-order valence-corrected chi connectivity index (χ0v) is 17.4. The van der Waals surface area contributed by atoms with E-state index in [0.717, 1.165) is 16.6 Å². The lowest BCUT2D eigenvalue weighted by atomic mass is 10.1. The number of anilines is 2. The Kier molecular flexibility index (Phi) is 6.80. The summed E-state index contributed by atoms with van der Waals surface area (Å²) in [5.41, 5.74) is 0.682. The van der Waals surface area contributed by atoms with E-state index in [4.69, 9.17) is 4.74 Å². The number of carbonyl (C=O) groups excluding carboxylic acids is 1. The number of ether oxygens (including phenoxy) is 1. The highest BCUT2D eigenvalue weighted by Gasteiger charge is 2.31. The van der Waals surface area contributed by atoms with Gasteiger partial charge in [-0.2, -0.15) is 0 Å². The molecule has 0 spiro atoms. The van der Waals surface area contributed by atoms with Gasteiger partial charge in [0.25, 0.3) is 5.69 Å². The number of nitro benzene ring substituents is 1. The number of hydrogen-bond acceptors (Lipinski definition) is 6. The number of carbonyl (C=O) groups is 1. The fourth-order valence-electron chi connectivity index (χ4n) is 2.82. The van der Waals surface area contributed by atoms with E-state index in [9.17, 15) is 23.3 Å². The number of amides is 1. The molecule has 0 saturated heterocycles. The summed E-state index contributed by atoms with van der Waals surface area (Å²) < 4.78 is 31.3. The lowest BCUT2D eigenvalue weighted by Crippen LogP contribution is -2.45. The van der Waals surface area contributed by atoms with Crippen molar-refractivity contribution in [2.45, 2.75) is 26.8 Å². The van der Waals surface area contributed by atoms with Crippen LogP contribution >= 0.6 is 0 Å². The van der Waals surface area contributed by atoms with Crippen LogP contribution in [0.15, 0.2) is 42.5 Å². The van der Waals surface area contributed by atoms with Gasteiger partial charge in [0.1, 0.15) is 11.8 Å². The van der Waals surface area contributed by atoms with Gasteiger partial charge in [-0.05, 0) is 38.5 Å². The summed E-state index contributed by atoms with van der Waals surface area (Å²) in [6.45, 7) is 5.23. The molecule has 0 heterocycles. The second kappa shape index (κ2) is 8.91. The SMILES string of the molecule is CCOc1ccccc1NC(=O)C(C)N(c1cc([N+](=O)[O-])ccc1C)S(C)(=O)=O. The van der Waals surface area contributed by atoms with Gasteiger partial charge in [0.05, 0.1) is 29.2 Å². The molecule has 0 aliphatic carbocycles. The molecular formula is C19H23N3O6S. The Labute approximate surface area is 169 Å². The second-order valence-electron chi connectivity index (χ2n) is 6.38. The Morgan fingerprint density at radius 1 is 1.28 bits per heavy atom. The molecule has 2 aromatic carbocycles. The number of nitrogens with one attached hydrogen (secondary N) is 1. The number of aryl methyl sites for hydroxylation is 1.